The summed E-state index contributed by atoms with van der Waals surface area (Å²) < 4.78 is 4.30. The van der Waals surface area contributed by atoms with Crippen LogP contribution in [0.1, 0.15) is 0 Å². The fourth-order valence-electron chi connectivity index (χ4n) is 4.57. The smallest absolute Gasteiger partial charge is 0.112 e. The Morgan fingerprint density at radius 2 is 0.909 bits per heavy atom. The van der Waals surface area contributed by atoms with Crippen molar-refractivity contribution < 1.29 is 0 Å². The van der Waals surface area contributed by atoms with E-state index in [1.54, 1.807) is 0 Å². The van der Waals surface area contributed by atoms with Crippen molar-refractivity contribution in [1.82, 2.24) is 19.1 Å². The molecule has 0 saturated heterocycles. The van der Waals surface area contributed by atoms with Gasteiger partial charge < -0.3 is 0 Å². The second kappa shape index (κ2) is 7.57. The summed E-state index contributed by atoms with van der Waals surface area (Å²) in [5.74, 6) is 0. The average Bonchev–Trinajstić information content (AvgIpc) is 3.49. The fraction of sp³-hybridized carbons (Fsp3) is 0.0714. The second-order valence-electron chi connectivity index (χ2n) is 8.93. The topological polar surface area (TPSA) is 35.6 Å². The van der Waals surface area contributed by atoms with E-state index >= 15 is 0 Å². The Kier molecular flexibility index (Phi) is 4.52. The number of fused-ring (bicyclic) bond motifs is 2. The Bertz CT molecular complexity index is 1460. The van der Waals surface area contributed by atoms with Gasteiger partial charge in [0.1, 0.15) is 20.7 Å². The van der Waals surface area contributed by atoms with Crippen molar-refractivity contribution in [3.63, 3.8) is 0 Å². The highest BCUT2D eigenvalue weighted by atomic mass is 28.3. The Labute approximate surface area is 193 Å². The van der Waals surface area contributed by atoms with Crippen LogP contribution in [0, 0.1) is 0 Å². The lowest BCUT2D eigenvalue weighted by Gasteiger charge is -2.24. The largest absolute Gasteiger partial charge is 0.299 e. The van der Waals surface area contributed by atoms with Gasteiger partial charge in [-0.05, 0) is 48.5 Å². The van der Waals surface area contributed by atoms with Crippen LogP contribution in [0.15, 0.2) is 110 Å². The summed E-state index contributed by atoms with van der Waals surface area (Å²) in [6.07, 6.45) is 3.81. The van der Waals surface area contributed by atoms with E-state index in [0.29, 0.717) is 0 Å². The van der Waals surface area contributed by atoms with E-state index in [-0.39, 0.29) is 0 Å². The number of benzene rings is 4. The summed E-state index contributed by atoms with van der Waals surface area (Å²) in [5.41, 5.74) is 6.57. The van der Waals surface area contributed by atoms with Crippen molar-refractivity contribution in [3.8, 4) is 11.4 Å². The molecule has 0 unspecified atom stereocenters. The van der Waals surface area contributed by atoms with Gasteiger partial charge in [0.15, 0.2) is 0 Å². The monoisotopic (exact) mass is 444 g/mol. The maximum Gasteiger partial charge on any atom is 0.112 e. The van der Waals surface area contributed by atoms with Crippen molar-refractivity contribution in [2.75, 3.05) is 0 Å². The third-order valence-corrected chi connectivity index (χ3v) is 10.2. The Morgan fingerprint density at radius 3 is 1.33 bits per heavy atom. The number of rotatable bonds is 4. The summed E-state index contributed by atoms with van der Waals surface area (Å²) >= 11 is 0. The van der Waals surface area contributed by atoms with E-state index in [0.717, 1.165) is 33.4 Å². The Hall–Kier alpha value is -3.96. The van der Waals surface area contributed by atoms with Gasteiger partial charge in [0, 0.05) is 11.4 Å². The van der Waals surface area contributed by atoms with Gasteiger partial charge in [-0.1, -0.05) is 72.0 Å². The van der Waals surface area contributed by atoms with Crippen LogP contribution in [-0.2, 0) is 0 Å². The maximum absolute atomic E-state index is 4.53. The normalized spacial score (nSPS) is 11.9. The van der Waals surface area contributed by atoms with Gasteiger partial charge in [-0.3, -0.25) is 9.13 Å². The molecule has 0 N–H and O–H groups in total. The summed E-state index contributed by atoms with van der Waals surface area (Å²) in [6, 6.07) is 34.5. The quantitative estimate of drug-likeness (QED) is 0.351. The molecule has 5 heteroatoms. The first-order chi connectivity index (χ1) is 16.1. The third kappa shape index (κ3) is 3.29. The highest BCUT2D eigenvalue weighted by Crippen LogP contribution is 2.19. The average molecular weight is 445 g/mol. The molecule has 0 spiro atoms. The summed E-state index contributed by atoms with van der Waals surface area (Å²) in [6.45, 7) is 4.83. The minimum atomic E-state index is -1.83. The third-order valence-electron chi connectivity index (χ3n) is 6.64. The number of hydrogen-bond acceptors (Lipinski definition) is 2. The van der Waals surface area contributed by atoms with E-state index in [1.165, 1.54) is 10.4 Å². The lowest BCUT2D eigenvalue weighted by molar-refractivity contribution is 1.09. The van der Waals surface area contributed by atoms with Gasteiger partial charge in [-0.15, -0.1) is 0 Å². The van der Waals surface area contributed by atoms with Crippen LogP contribution in [0.25, 0.3) is 33.4 Å². The molecule has 0 aliphatic carbocycles. The van der Waals surface area contributed by atoms with Crippen LogP contribution in [0.2, 0.25) is 13.1 Å². The van der Waals surface area contributed by atoms with Crippen molar-refractivity contribution in [1.29, 1.82) is 0 Å². The highest BCUT2D eigenvalue weighted by molar-refractivity contribution is 7.00. The van der Waals surface area contributed by atoms with Crippen molar-refractivity contribution >= 4 is 40.5 Å². The molecule has 0 fully saturated rings. The molecule has 0 saturated carbocycles. The first-order valence-corrected chi connectivity index (χ1v) is 14.2. The van der Waals surface area contributed by atoms with Gasteiger partial charge in [0.05, 0.1) is 22.1 Å². The molecule has 0 atom stereocenters. The lowest BCUT2D eigenvalue weighted by Crippen LogP contribution is -2.52. The Balaban J connectivity index is 1.31. The van der Waals surface area contributed by atoms with E-state index in [4.69, 9.17) is 0 Å². The molecule has 0 aliphatic rings. The maximum atomic E-state index is 4.53. The first-order valence-electron chi connectivity index (χ1n) is 11.2. The molecule has 2 heterocycles. The minimum absolute atomic E-state index is 1.02. The molecule has 160 valence electrons. The van der Waals surface area contributed by atoms with Gasteiger partial charge in [0.25, 0.3) is 0 Å². The first kappa shape index (κ1) is 19.7. The molecule has 33 heavy (non-hydrogen) atoms. The molecule has 2 aromatic heterocycles. The molecule has 6 aromatic rings. The summed E-state index contributed by atoms with van der Waals surface area (Å²) in [4.78, 5) is 9.05. The molecular weight excluding hydrogens is 420 g/mol. The molecule has 6 rings (SSSR count). The number of para-hydroxylation sites is 4. The number of hydrogen-bond donors (Lipinski definition) is 0. The predicted octanol–water partition coefficient (Wildman–Crippen LogP) is 5.19. The van der Waals surface area contributed by atoms with Crippen LogP contribution in [0.5, 0.6) is 0 Å². The number of nitrogens with zero attached hydrogens (tertiary/aromatic N) is 4. The number of aromatic nitrogens is 4. The molecule has 0 amide bonds. The van der Waals surface area contributed by atoms with Gasteiger partial charge in [-0.2, -0.15) is 0 Å². The highest BCUT2D eigenvalue weighted by Gasteiger charge is 2.26. The van der Waals surface area contributed by atoms with E-state index in [2.05, 4.69) is 105 Å². The van der Waals surface area contributed by atoms with Crippen LogP contribution in [0.4, 0.5) is 0 Å². The van der Waals surface area contributed by atoms with Crippen molar-refractivity contribution in [3.05, 3.63) is 110 Å². The van der Waals surface area contributed by atoms with Crippen LogP contribution in [-0.4, -0.2) is 27.2 Å². The van der Waals surface area contributed by atoms with Gasteiger partial charge in [-0.25, -0.2) is 9.97 Å². The summed E-state index contributed by atoms with van der Waals surface area (Å²) in [7, 11) is -1.83. The van der Waals surface area contributed by atoms with Crippen molar-refractivity contribution in [2.24, 2.45) is 0 Å². The van der Waals surface area contributed by atoms with Crippen LogP contribution >= 0.6 is 0 Å². The second-order valence-corrected chi connectivity index (χ2v) is 13.3. The molecule has 4 nitrogen and oxygen atoms in total. The molecule has 0 bridgehead atoms. The molecule has 0 aliphatic heterocycles. The van der Waals surface area contributed by atoms with Gasteiger partial charge >= 0.3 is 0 Å². The molecular formula is C28H24N4Si. The van der Waals surface area contributed by atoms with E-state index in [9.17, 15) is 0 Å². The van der Waals surface area contributed by atoms with Crippen molar-refractivity contribution in [2.45, 2.75) is 13.1 Å². The zero-order chi connectivity index (χ0) is 22.4. The SMILES string of the molecule is C[Si](C)(c1ccc(-n2cnc3ccccc32)cc1)c1ccc(-n2cnc3ccccc32)cc1. The van der Waals surface area contributed by atoms with E-state index in [1.807, 2.05) is 36.9 Å². The number of imidazole rings is 2. The minimum Gasteiger partial charge on any atom is -0.299 e. The Morgan fingerprint density at radius 1 is 0.515 bits per heavy atom. The van der Waals surface area contributed by atoms with Crippen LogP contribution < -0.4 is 10.4 Å². The fourth-order valence-corrected chi connectivity index (χ4v) is 6.91. The van der Waals surface area contributed by atoms with Gasteiger partial charge in [0.2, 0.25) is 0 Å². The van der Waals surface area contributed by atoms with E-state index < -0.39 is 8.07 Å². The zero-order valence-electron chi connectivity index (χ0n) is 18.7. The lowest BCUT2D eigenvalue weighted by atomic mass is 10.3. The van der Waals surface area contributed by atoms with Crippen LogP contribution in [0.3, 0.4) is 0 Å². The standard InChI is InChI=1S/C28H24N4Si/c1-33(2,23-15-11-21(12-16-23)31-19-29-25-7-3-5-9-27(25)31)24-17-13-22(14-18-24)32-20-30-26-8-4-6-10-28(26)32/h3-20H,1-2H3. The zero-order valence-corrected chi connectivity index (χ0v) is 19.7. The molecule has 4 aromatic carbocycles. The predicted molar refractivity (Wildman–Crippen MR) is 139 cm³/mol. The molecule has 0 radical (unpaired) electrons. The summed E-state index contributed by atoms with van der Waals surface area (Å²) in [5, 5.41) is 2.83.